The molecule has 1 amide bonds. The highest BCUT2D eigenvalue weighted by Gasteiger charge is 2.20. The Hall–Kier alpha value is -1.09. The summed E-state index contributed by atoms with van der Waals surface area (Å²) >= 11 is 5.74. The van der Waals surface area contributed by atoms with Crippen molar-refractivity contribution in [1.82, 2.24) is 9.88 Å². The van der Waals surface area contributed by atoms with Gasteiger partial charge in [-0.2, -0.15) is 0 Å². The van der Waals surface area contributed by atoms with Crippen molar-refractivity contribution in [2.45, 2.75) is 20.0 Å². The monoisotopic (exact) mass is 196 g/mol. The molecule has 0 unspecified atom stereocenters. The number of nitrogens with zero attached hydrogens (tertiary/aromatic N) is 2. The topological polar surface area (TPSA) is 33.2 Å². The van der Waals surface area contributed by atoms with Crippen LogP contribution in [-0.4, -0.2) is 15.8 Å². The first kappa shape index (κ1) is 8.51. The van der Waals surface area contributed by atoms with Crippen LogP contribution in [0, 0.1) is 0 Å². The van der Waals surface area contributed by atoms with Crippen LogP contribution in [0.4, 0.5) is 0 Å². The quantitative estimate of drug-likeness (QED) is 0.591. The van der Waals surface area contributed by atoms with E-state index >= 15 is 0 Å². The Morgan fingerprint density at radius 3 is 2.92 bits per heavy atom. The van der Waals surface area contributed by atoms with Gasteiger partial charge in [0.25, 0.3) is 0 Å². The summed E-state index contributed by atoms with van der Waals surface area (Å²) < 4.78 is 0. The van der Waals surface area contributed by atoms with Crippen molar-refractivity contribution in [1.29, 1.82) is 0 Å². The summed E-state index contributed by atoms with van der Waals surface area (Å²) in [4.78, 5) is 16.8. The van der Waals surface area contributed by atoms with Gasteiger partial charge in [-0.15, -0.1) is 0 Å². The highest BCUT2D eigenvalue weighted by atomic mass is 35.5. The molecule has 0 N–H and O–H groups in total. The second-order valence-corrected chi connectivity index (χ2v) is 3.54. The van der Waals surface area contributed by atoms with E-state index in [1.165, 1.54) is 0 Å². The number of carbonyl (C=O) groups excluding carboxylic acids is 1. The molecule has 13 heavy (non-hydrogen) atoms. The first-order chi connectivity index (χ1) is 6.16. The molecule has 2 rings (SSSR count). The van der Waals surface area contributed by atoms with Crippen molar-refractivity contribution >= 4 is 17.5 Å². The summed E-state index contributed by atoms with van der Waals surface area (Å²) in [5.41, 5.74) is 2.20. The largest absolute Gasteiger partial charge is 0.334 e. The zero-order valence-electron chi connectivity index (χ0n) is 7.25. The minimum Gasteiger partial charge on any atom is -0.334 e. The highest BCUT2D eigenvalue weighted by Crippen LogP contribution is 2.23. The summed E-state index contributed by atoms with van der Waals surface area (Å²) in [7, 11) is 0. The molecule has 0 spiro atoms. The molecule has 1 aliphatic rings. The van der Waals surface area contributed by atoms with Crippen molar-refractivity contribution in [3.05, 3.63) is 28.5 Å². The molecule has 1 aliphatic heterocycles. The van der Waals surface area contributed by atoms with Crippen LogP contribution in [0.5, 0.6) is 0 Å². The molecule has 0 aromatic carbocycles. The summed E-state index contributed by atoms with van der Waals surface area (Å²) in [6.07, 6.45) is 1.74. The molecule has 0 radical (unpaired) electrons. The fourth-order valence-electron chi connectivity index (χ4n) is 1.48. The SMILES string of the molecule is CC(=O)N1Cc2cnc(Cl)cc2C1. The molecule has 0 saturated heterocycles. The lowest BCUT2D eigenvalue weighted by atomic mass is 10.2. The van der Waals surface area contributed by atoms with Gasteiger partial charge in [0.05, 0.1) is 0 Å². The van der Waals surface area contributed by atoms with Gasteiger partial charge in [0, 0.05) is 26.2 Å². The number of pyridine rings is 1. The molecule has 2 heterocycles. The Labute approximate surface area is 81.3 Å². The van der Waals surface area contributed by atoms with Crippen LogP contribution < -0.4 is 0 Å². The van der Waals surface area contributed by atoms with Crippen LogP contribution in [0.15, 0.2) is 12.3 Å². The van der Waals surface area contributed by atoms with Gasteiger partial charge < -0.3 is 4.90 Å². The molecular formula is C9H9ClN2O. The standard InChI is InChI=1S/C9H9ClN2O/c1-6(13)12-4-7-2-9(10)11-3-8(7)5-12/h2-3H,4-5H2,1H3. The third kappa shape index (κ3) is 1.52. The maximum atomic E-state index is 11.1. The molecule has 3 nitrogen and oxygen atoms in total. The Kier molecular flexibility index (Phi) is 1.96. The van der Waals surface area contributed by atoms with Gasteiger partial charge in [0.1, 0.15) is 5.15 Å². The number of amides is 1. The van der Waals surface area contributed by atoms with E-state index in [4.69, 9.17) is 11.6 Å². The summed E-state index contributed by atoms with van der Waals surface area (Å²) in [6, 6.07) is 1.82. The summed E-state index contributed by atoms with van der Waals surface area (Å²) in [6.45, 7) is 2.89. The molecule has 0 saturated carbocycles. The van der Waals surface area contributed by atoms with E-state index in [-0.39, 0.29) is 5.91 Å². The first-order valence-corrected chi connectivity index (χ1v) is 4.43. The van der Waals surface area contributed by atoms with Gasteiger partial charge in [-0.1, -0.05) is 11.6 Å². The van der Waals surface area contributed by atoms with Crippen LogP contribution in [0.2, 0.25) is 5.15 Å². The van der Waals surface area contributed by atoms with Gasteiger partial charge in [-0.25, -0.2) is 4.98 Å². The first-order valence-electron chi connectivity index (χ1n) is 4.05. The second-order valence-electron chi connectivity index (χ2n) is 3.15. The van der Waals surface area contributed by atoms with Crippen molar-refractivity contribution < 1.29 is 4.79 Å². The smallest absolute Gasteiger partial charge is 0.220 e. The normalized spacial score (nSPS) is 14.5. The molecule has 1 aromatic rings. The lowest BCUT2D eigenvalue weighted by Gasteiger charge is -2.10. The molecule has 68 valence electrons. The van der Waals surface area contributed by atoms with Gasteiger partial charge in [0.15, 0.2) is 0 Å². The van der Waals surface area contributed by atoms with Gasteiger partial charge >= 0.3 is 0 Å². The summed E-state index contributed by atoms with van der Waals surface area (Å²) in [5.74, 6) is 0.0901. The number of hydrogen-bond acceptors (Lipinski definition) is 2. The minimum atomic E-state index is 0.0901. The maximum Gasteiger partial charge on any atom is 0.220 e. The van der Waals surface area contributed by atoms with Gasteiger partial charge in [0.2, 0.25) is 5.91 Å². The van der Waals surface area contributed by atoms with Gasteiger partial charge in [-0.3, -0.25) is 4.79 Å². The number of rotatable bonds is 0. The van der Waals surface area contributed by atoms with E-state index in [0.29, 0.717) is 18.2 Å². The van der Waals surface area contributed by atoms with Crippen LogP contribution in [0.3, 0.4) is 0 Å². The average molecular weight is 197 g/mol. The summed E-state index contributed by atoms with van der Waals surface area (Å²) in [5, 5.41) is 0.490. The number of fused-ring (bicyclic) bond motifs is 1. The third-order valence-corrected chi connectivity index (χ3v) is 2.42. The molecule has 0 fully saturated rings. The predicted molar refractivity (Wildman–Crippen MR) is 49.2 cm³/mol. The van der Waals surface area contributed by atoms with Crippen molar-refractivity contribution in [2.75, 3.05) is 0 Å². The van der Waals surface area contributed by atoms with Crippen LogP contribution in [0.1, 0.15) is 18.1 Å². The fourth-order valence-corrected chi connectivity index (χ4v) is 1.66. The van der Waals surface area contributed by atoms with E-state index in [9.17, 15) is 4.79 Å². The molecule has 0 aliphatic carbocycles. The number of carbonyl (C=O) groups is 1. The predicted octanol–water partition coefficient (Wildman–Crippen LogP) is 1.60. The van der Waals surface area contributed by atoms with Crippen molar-refractivity contribution in [3.63, 3.8) is 0 Å². The van der Waals surface area contributed by atoms with Crippen LogP contribution in [-0.2, 0) is 17.9 Å². The lowest BCUT2D eigenvalue weighted by molar-refractivity contribution is -0.129. The van der Waals surface area contributed by atoms with Gasteiger partial charge in [-0.05, 0) is 17.2 Å². The van der Waals surface area contributed by atoms with E-state index < -0.39 is 0 Å². The molecule has 0 atom stereocenters. The third-order valence-electron chi connectivity index (χ3n) is 2.22. The number of halogens is 1. The van der Waals surface area contributed by atoms with E-state index in [1.807, 2.05) is 6.07 Å². The van der Waals surface area contributed by atoms with Crippen molar-refractivity contribution in [2.24, 2.45) is 0 Å². The van der Waals surface area contributed by atoms with E-state index in [0.717, 1.165) is 11.1 Å². The highest BCUT2D eigenvalue weighted by molar-refractivity contribution is 6.29. The number of aromatic nitrogens is 1. The molecule has 0 bridgehead atoms. The van der Waals surface area contributed by atoms with Crippen LogP contribution >= 0.6 is 11.6 Å². The van der Waals surface area contributed by atoms with E-state index in [2.05, 4.69) is 4.98 Å². The molecular weight excluding hydrogens is 188 g/mol. The van der Waals surface area contributed by atoms with E-state index in [1.54, 1.807) is 18.0 Å². The number of hydrogen-bond donors (Lipinski definition) is 0. The lowest BCUT2D eigenvalue weighted by Crippen LogP contribution is -2.21. The second kappa shape index (κ2) is 3.00. The molecule has 4 heteroatoms. The Balaban J connectivity index is 2.30. The van der Waals surface area contributed by atoms with Crippen LogP contribution in [0.25, 0.3) is 0 Å². The zero-order chi connectivity index (χ0) is 9.42. The zero-order valence-corrected chi connectivity index (χ0v) is 8.01. The Morgan fingerprint density at radius 1 is 1.54 bits per heavy atom. The Bertz CT molecular complexity index is 365. The van der Waals surface area contributed by atoms with Crippen molar-refractivity contribution in [3.8, 4) is 0 Å². The molecule has 1 aromatic heterocycles. The minimum absolute atomic E-state index is 0.0901. The average Bonchev–Trinajstić information content (AvgIpc) is 2.46. The maximum absolute atomic E-state index is 11.1. The fraction of sp³-hybridized carbons (Fsp3) is 0.333. The Morgan fingerprint density at radius 2 is 2.23 bits per heavy atom.